The number of fused-ring (bicyclic) bond motifs is 2. The van der Waals surface area contributed by atoms with Gasteiger partial charge in [0.15, 0.2) is 0 Å². The van der Waals surface area contributed by atoms with E-state index in [0.29, 0.717) is 0 Å². The van der Waals surface area contributed by atoms with Crippen molar-refractivity contribution in [2.45, 2.75) is 25.9 Å². The van der Waals surface area contributed by atoms with E-state index >= 15 is 0 Å². The Labute approximate surface area is 154 Å². The van der Waals surface area contributed by atoms with E-state index in [2.05, 4.69) is 53.3 Å². The van der Waals surface area contributed by atoms with Crippen molar-refractivity contribution in [2.75, 3.05) is 39.3 Å². The van der Waals surface area contributed by atoms with Crippen LogP contribution in [-0.2, 0) is 13.1 Å². The molecule has 4 N–H and O–H groups in total. The minimum absolute atomic E-state index is 0.00694. The normalized spacial score (nSPS) is 23.8. The summed E-state index contributed by atoms with van der Waals surface area (Å²) < 4.78 is 0. The van der Waals surface area contributed by atoms with Gasteiger partial charge in [0.05, 0.1) is 11.4 Å². The van der Waals surface area contributed by atoms with Crippen LogP contribution in [0.4, 0.5) is 0 Å². The Morgan fingerprint density at radius 3 is 1.70 bits per heavy atom. The second-order valence-electron chi connectivity index (χ2n) is 5.39. The Hall–Kier alpha value is 0.0895. The van der Waals surface area contributed by atoms with Crippen molar-refractivity contribution in [1.29, 1.82) is 0 Å². The molecule has 0 radical (unpaired) electrons. The zero-order chi connectivity index (χ0) is 16.9. The molecule has 0 spiro atoms. The number of nitrogens with one attached hydrogen (secondary N) is 4. The van der Waals surface area contributed by atoms with Gasteiger partial charge in [-0.05, 0) is 26.0 Å². The second kappa shape index (κ2) is 13.4. The number of hydrogen-bond donors (Lipinski definition) is 4. The molecule has 5 nitrogen and oxygen atoms in total. The van der Waals surface area contributed by atoms with Crippen LogP contribution in [-0.4, -0.2) is 44.3 Å². The molecule has 0 aliphatic carbocycles. The molecule has 1 aromatic heterocycles. The minimum atomic E-state index is 0.00694. The molecule has 0 saturated carbocycles. The van der Waals surface area contributed by atoms with Gasteiger partial charge < -0.3 is 21.3 Å². The molecule has 2 bridgehead atoms. The maximum absolute atomic E-state index is 4.80. The van der Waals surface area contributed by atoms with Crippen molar-refractivity contribution >= 4 is 20.2 Å². The Bertz CT molecular complexity index is 391. The van der Waals surface area contributed by atoms with Crippen LogP contribution in [0.25, 0.3) is 0 Å². The summed E-state index contributed by atoms with van der Waals surface area (Å²) in [5.41, 5.74) is 2.23. The van der Waals surface area contributed by atoms with Crippen molar-refractivity contribution in [3.05, 3.63) is 29.6 Å². The van der Waals surface area contributed by atoms with Crippen LogP contribution in [0.15, 0.2) is 18.2 Å². The number of rotatable bonds is 0. The molecule has 0 fully saturated rings. The molecule has 133 valence electrons. The Kier molecular flexibility index (Phi) is 12.3. The summed E-state index contributed by atoms with van der Waals surface area (Å²) in [6.07, 6.45) is 0. The molecular weight excluding hydrogens is 376 g/mol. The van der Waals surface area contributed by atoms with Crippen LogP contribution < -0.4 is 21.3 Å². The van der Waals surface area contributed by atoms with Gasteiger partial charge in [-0.25, -0.2) is 0 Å². The summed E-state index contributed by atoms with van der Waals surface area (Å²) in [5.74, 6) is 0. The first-order chi connectivity index (χ1) is 11.2. The van der Waals surface area contributed by atoms with Crippen LogP contribution in [0, 0.1) is 0 Å². The van der Waals surface area contributed by atoms with Crippen molar-refractivity contribution in [3.63, 3.8) is 0 Å². The first-order valence-electron chi connectivity index (χ1n) is 7.91. The monoisotopic (exact) mass is 402 g/mol. The third-order valence-electron chi connectivity index (χ3n) is 3.66. The molecule has 23 heavy (non-hydrogen) atoms. The van der Waals surface area contributed by atoms with Gasteiger partial charge in [-0.15, -0.1) is 0 Å². The zero-order valence-electron chi connectivity index (χ0n) is 13.7. The molecule has 0 aromatic carbocycles. The van der Waals surface area contributed by atoms with Gasteiger partial charge in [-0.1, -0.05) is 6.07 Å². The third-order valence-corrected chi connectivity index (χ3v) is 3.66. The van der Waals surface area contributed by atoms with Crippen molar-refractivity contribution < 1.29 is 13.1 Å². The van der Waals surface area contributed by atoms with Crippen molar-refractivity contribution in [3.8, 4) is 0 Å². The Morgan fingerprint density at radius 1 is 0.870 bits per heavy atom. The van der Waals surface area contributed by atoms with E-state index in [0.717, 1.165) is 50.7 Å². The molecule has 2 unspecified atom stereocenters. The summed E-state index contributed by atoms with van der Waals surface area (Å²) in [4.78, 5) is 4.78. The molecule has 1 aromatic rings. The number of hydrogen-bond acceptors (Lipinski definition) is 5. The molecule has 1 aliphatic heterocycles. The van der Waals surface area contributed by atoms with E-state index in [4.69, 9.17) is 25.2 Å². The quantitative estimate of drug-likeness (QED) is 0.499. The van der Waals surface area contributed by atoms with Crippen LogP contribution in [0.3, 0.4) is 0 Å². The second-order valence-corrected chi connectivity index (χ2v) is 7.34. The fourth-order valence-electron chi connectivity index (χ4n) is 2.34. The van der Waals surface area contributed by atoms with Gasteiger partial charge in [-0.2, -0.15) is 0 Å². The Morgan fingerprint density at radius 2 is 1.26 bits per heavy atom. The number of aromatic nitrogens is 1. The van der Waals surface area contributed by atoms with Gasteiger partial charge in [0.2, 0.25) is 0 Å². The molecule has 0 saturated heterocycles. The predicted molar refractivity (Wildman–Crippen MR) is 94.5 cm³/mol. The topological polar surface area (TPSA) is 61.0 Å². The van der Waals surface area contributed by atoms with E-state index < -0.39 is 0 Å². The molecule has 2 rings (SSSR count). The third kappa shape index (κ3) is 9.22. The Balaban J connectivity index is 0.000000816. The van der Waals surface area contributed by atoms with Gasteiger partial charge in [0.25, 0.3) is 0 Å². The molecule has 1 aliphatic rings. The standard InChI is InChI=1S/C15H27N5.2ClH.Mn/c1-12-14-4-3-5-15(20-14)13(2)19-11-9-17-7-6-16-8-10-18-12;;;/h3-5,12-13,16-19H,6-11H2,1-2H3;2*1H;/q;;;+2/p-2. The first kappa shape index (κ1) is 21.1. The fourth-order valence-corrected chi connectivity index (χ4v) is 2.34. The SMILES string of the molecule is CC1NCCNCCNCCNC(C)c2cccc1n2.[Cl][Mn][Cl]. The molecule has 8 heteroatoms. The number of halogens is 2. The fraction of sp³-hybridized carbons (Fsp3) is 0.667. The predicted octanol–water partition coefficient (Wildman–Crippen LogP) is 1.95. The average molecular weight is 403 g/mol. The van der Waals surface area contributed by atoms with Crippen molar-refractivity contribution in [2.24, 2.45) is 0 Å². The maximum atomic E-state index is 4.80. The summed E-state index contributed by atoms with van der Waals surface area (Å²) in [6.45, 7) is 10.3. The van der Waals surface area contributed by atoms with Crippen LogP contribution in [0.1, 0.15) is 37.3 Å². The van der Waals surface area contributed by atoms with Gasteiger partial charge in [-0.3, -0.25) is 4.98 Å². The zero-order valence-corrected chi connectivity index (χ0v) is 16.4. The van der Waals surface area contributed by atoms with E-state index in [1.54, 1.807) is 0 Å². The average Bonchev–Trinajstić information content (AvgIpc) is 2.56. The van der Waals surface area contributed by atoms with E-state index in [9.17, 15) is 0 Å². The van der Waals surface area contributed by atoms with E-state index in [1.807, 2.05) is 0 Å². The molecular formula is C15H27Cl2MnN5. The number of pyridine rings is 1. The van der Waals surface area contributed by atoms with Gasteiger partial charge in [0, 0.05) is 51.4 Å². The summed E-state index contributed by atoms with van der Waals surface area (Å²) in [7, 11) is 9.59. The molecule has 2 atom stereocenters. The molecule has 0 amide bonds. The first-order valence-corrected chi connectivity index (χ1v) is 11.2. The van der Waals surface area contributed by atoms with Gasteiger partial charge >= 0.3 is 33.3 Å². The van der Waals surface area contributed by atoms with E-state index in [-0.39, 0.29) is 25.2 Å². The van der Waals surface area contributed by atoms with Crippen LogP contribution in [0.5, 0.6) is 0 Å². The summed E-state index contributed by atoms with van der Waals surface area (Å²) in [6, 6.07) is 6.87. The van der Waals surface area contributed by atoms with Crippen LogP contribution in [0.2, 0.25) is 0 Å². The summed E-state index contributed by atoms with van der Waals surface area (Å²) in [5, 5.41) is 13.9. The molecule has 2 heterocycles. The van der Waals surface area contributed by atoms with E-state index in [1.165, 1.54) is 0 Å². The van der Waals surface area contributed by atoms with Crippen LogP contribution >= 0.6 is 20.2 Å². The van der Waals surface area contributed by atoms with Gasteiger partial charge in [0.1, 0.15) is 0 Å². The summed E-state index contributed by atoms with van der Waals surface area (Å²) >= 11 is 0.00694. The van der Waals surface area contributed by atoms with Crippen molar-refractivity contribution in [1.82, 2.24) is 26.3 Å². The number of nitrogens with zero attached hydrogens (tertiary/aromatic N) is 1.